The number of nitrogens with one attached hydrogen (secondary N) is 1. The highest BCUT2D eigenvalue weighted by atomic mass is 32.1. The summed E-state index contributed by atoms with van der Waals surface area (Å²) in [5.41, 5.74) is 1.23. The lowest BCUT2D eigenvalue weighted by atomic mass is 10.1. The van der Waals surface area contributed by atoms with E-state index in [1.165, 1.54) is 30.0 Å². The van der Waals surface area contributed by atoms with Crippen LogP contribution in [0.4, 0.5) is 0 Å². The average molecular weight is 196 g/mol. The summed E-state index contributed by atoms with van der Waals surface area (Å²) in [5, 5.41) is 6.70. The van der Waals surface area contributed by atoms with Crippen LogP contribution >= 0.6 is 11.3 Å². The Morgan fingerprint density at radius 1 is 1.69 bits per heavy atom. The number of aryl methyl sites for hydroxylation is 1. The number of hydrogen-bond donors (Lipinski definition) is 1. The fourth-order valence-corrected chi connectivity index (χ4v) is 2.28. The molecule has 13 heavy (non-hydrogen) atoms. The lowest BCUT2D eigenvalue weighted by Gasteiger charge is -2.12. The van der Waals surface area contributed by atoms with Crippen LogP contribution in [0.5, 0.6) is 0 Å². The van der Waals surface area contributed by atoms with Crippen LogP contribution in [0.3, 0.4) is 0 Å². The van der Waals surface area contributed by atoms with Gasteiger partial charge >= 0.3 is 0 Å². The first-order valence-electron chi connectivity index (χ1n) is 4.89. The molecule has 0 aliphatic heterocycles. The second kappa shape index (κ2) is 3.76. The van der Waals surface area contributed by atoms with Gasteiger partial charge in [0, 0.05) is 5.38 Å². The minimum atomic E-state index is 0.484. The quantitative estimate of drug-likeness (QED) is 0.800. The zero-order valence-electron chi connectivity index (χ0n) is 8.21. The summed E-state index contributed by atoms with van der Waals surface area (Å²) in [5.74, 6) is 0.958. The standard InChI is InChI=1S/C10H16N2S/c1-7-12-10(6-13-7)9(11-2)5-8-3-4-8/h6,8-9,11H,3-5H2,1-2H3. The van der Waals surface area contributed by atoms with Crippen molar-refractivity contribution >= 4 is 11.3 Å². The third kappa shape index (κ3) is 2.29. The van der Waals surface area contributed by atoms with Crippen LogP contribution in [-0.4, -0.2) is 12.0 Å². The maximum absolute atomic E-state index is 4.52. The number of aromatic nitrogens is 1. The summed E-state index contributed by atoms with van der Waals surface area (Å²) in [4.78, 5) is 4.52. The van der Waals surface area contributed by atoms with E-state index in [0.717, 1.165) is 5.92 Å². The van der Waals surface area contributed by atoms with Gasteiger partial charge in [-0.15, -0.1) is 11.3 Å². The summed E-state index contributed by atoms with van der Waals surface area (Å²) >= 11 is 1.74. The minimum Gasteiger partial charge on any atom is -0.312 e. The topological polar surface area (TPSA) is 24.9 Å². The van der Waals surface area contributed by atoms with Gasteiger partial charge in [-0.1, -0.05) is 12.8 Å². The second-order valence-electron chi connectivity index (χ2n) is 3.81. The minimum absolute atomic E-state index is 0.484. The molecule has 3 heteroatoms. The maximum atomic E-state index is 4.52. The molecule has 72 valence electrons. The predicted molar refractivity (Wildman–Crippen MR) is 56.0 cm³/mol. The molecule has 1 aromatic rings. The molecule has 1 atom stereocenters. The largest absolute Gasteiger partial charge is 0.312 e. The van der Waals surface area contributed by atoms with Crippen molar-refractivity contribution in [1.29, 1.82) is 0 Å². The zero-order valence-corrected chi connectivity index (χ0v) is 9.03. The van der Waals surface area contributed by atoms with Crippen molar-refractivity contribution in [3.05, 3.63) is 16.1 Å². The van der Waals surface area contributed by atoms with Gasteiger partial charge in [0.1, 0.15) is 0 Å². The predicted octanol–water partition coefficient (Wildman–Crippen LogP) is 2.51. The molecule has 0 spiro atoms. The highest BCUT2D eigenvalue weighted by molar-refractivity contribution is 7.09. The Kier molecular flexibility index (Phi) is 2.65. The SMILES string of the molecule is CNC(CC1CC1)c1csc(C)n1. The highest BCUT2D eigenvalue weighted by Gasteiger charge is 2.26. The van der Waals surface area contributed by atoms with Crippen LogP contribution in [0, 0.1) is 12.8 Å². The average Bonchev–Trinajstić information content (AvgIpc) is 2.84. The van der Waals surface area contributed by atoms with Gasteiger partial charge in [-0.3, -0.25) is 0 Å². The summed E-state index contributed by atoms with van der Waals surface area (Å²) < 4.78 is 0. The normalized spacial score (nSPS) is 18.9. The molecule has 0 amide bonds. The van der Waals surface area contributed by atoms with E-state index in [0.29, 0.717) is 6.04 Å². The molecule has 2 nitrogen and oxygen atoms in total. The van der Waals surface area contributed by atoms with Gasteiger partial charge in [-0.05, 0) is 26.3 Å². The zero-order chi connectivity index (χ0) is 9.26. The molecule has 0 aromatic carbocycles. The van der Waals surface area contributed by atoms with Crippen molar-refractivity contribution in [3.8, 4) is 0 Å². The molecule has 0 bridgehead atoms. The third-order valence-electron chi connectivity index (χ3n) is 2.61. The van der Waals surface area contributed by atoms with Gasteiger partial charge in [0.15, 0.2) is 0 Å². The lowest BCUT2D eigenvalue weighted by molar-refractivity contribution is 0.505. The molecule has 1 N–H and O–H groups in total. The Bertz CT molecular complexity index is 278. The van der Waals surface area contributed by atoms with Crippen molar-refractivity contribution < 1.29 is 0 Å². The van der Waals surface area contributed by atoms with E-state index >= 15 is 0 Å². The van der Waals surface area contributed by atoms with Crippen LogP contribution < -0.4 is 5.32 Å². The summed E-state index contributed by atoms with van der Waals surface area (Å²) in [6.07, 6.45) is 4.10. The molecule has 1 fully saturated rings. The Hall–Kier alpha value is -0.410. The Morgan fingerprint density at radius 3 is 2.92 bits per heavy atom. The third-order valence-corrected chi connectivity index (χ3v) is 3.40. The van der Waals surface area contributed by atoms with Crippen LogP contribution in [0.2, 0.25) is 0 Å². The molecule has 0 radical (unpaired) electrons. The molecule has 2 rings (SSSR count). The second-order valence-corrected chi connectivity index (χ2v) is 4.87. The number of rotatable bonds is 4. The van der Waals surface area contributed by atoms with E-state index in [1.807, 2.05) is 7.05 Å². The van der Waals surface area contributed by atoms with Gasteiger partial charge in [0.25, 0.3) is 0 Å². The van der Waals surface area contributed by atoms with Crippen molar-refractivity contribution in [2.24, 2.45) is 5.92 Å². The monoisotopic (exact) mass is 196 g/mol. The van der Waals surface area contributed by atoms with Crippen molar-refractivity contribution in [3.63, 3.8) is 0 Å². The molecule has 0 saturated heterocycles. The first-order chi connectivity index (χ1) is 6.29. The van der Waals surface area contributed by atoms with E-state index in [9.17, 15) is 0 Å². The Labute approximate surface area is 83.4 Å². The van der Waals surface area contributed by atoms with Gasteiger partial charge in [0.2, 0.25) is 0 Å². The van der Waals surface area contributed by atoms with E-state index in [2.05, 4.69) is 22.6 Å². The summed E-state index contributed by atoms with van der Waals surface area (Å²) in [7, 11) is 2.03. The Balaban J connectivity index is 2.01. The molecule has 1 aliphatic rings. The highest BCUT2D eigenvalue weighted by Crippen LogP contribution is 2.37. The van der Waals surface area contributed by atoms with Crippen LogP contribution in [0.25, 0.3) is 0 Å². The van der Waals surface area contributed by atoms with E-state index in [1.54, 1.807) is 11.3 Å². The fourth-order valence-electron chi connectivity index (χ4n) is 1.61. The number of nitrogens with zero attached hydrogens (tertiary/aromatic N) is 1. The van der Waals surface area contributed by atoms with Crippen molar-refractivity contribution in [2.75, 3.05) is 7.05 Å². The molecule has 1 saturated carbocycles. The first kappa shape index (κ1) is 9.16. The number of thiazole rings is 1. The van der Waals surface area contributed by atoms with Gasteiger partial charge in [-0.25, -0.2) is 4.98 Å². The van der Waals surface area contributed by atoms with Crippen LogP contribution in [0.1, 0.15) is 36.0 Å². The maximum Gasteiger partial charge on any atom is 0.0898 e. The number of hydrogen-bond acceptors (Lipinski definition) is 3. The van der Waals surface area contributed by atoms with Crippen LogP contribution in [0.15, 0.2) is 5.38 Å². The molecule has 1 aromatic heterocycles. The van der Waals surface area contributed by atoms with Gasteiger partial charge in [-0.2, -0.15) is 0 Å². The van der Waals surface area contributed by atoms with Gasteiger partial charge in [0.05, 0.1) is 16.7 Å². The molecular formula is C10H16N2S. The van der Waals surface area contributed by atoms with E-state index < -0.39 is 0 Å². The summed E-state index contributed by atoms with van der Waals surface area (Å²) in [6.45, 7) is 2.07. The van der Waals surface area contributed by atoms with E-state index in [4.69, 9.17) is 0 Å². The van der Waals surface area contributed by atoms with E-state index in [-0.39, 0.29) is 0 Å². The summed E-state index contributed by atoms with van der Waals surface area (Å²) in [6, 6.07) is 0.484. The molecule has 1 heterocycles. The molecule has 1 unspecified atom stereocenters. The Morgan fingerprint density at radius 2 is 2.46 bits per heavy atom. The van der Waals surface area contributed by atoms with Gasteiger partial charge < -0.3 is 5.32 Å². The smallest absolute Gasteiger partial charge is 0.0898 e. The lowest BCUT2D eigenvalue weighted by Crippen LogP contribution is -2.17. The molecule has 1 aliphatic carbocycles. The van der Waals surface area contributed by atoms with Crippen molar-refractivity contribution in [1.82, 2.24) is 10.3 Å². The van der Waals surface area contributed by atoms with Crippen LogP contribution in [-0.2, 0) is 0 Å². The van der Waals surface area contributed by atoms with Crippen molar-refractivity contribution in [2.45, 2.75) is 32.2 Å². The first-order valence-corrected chi connectivity index (χ1v) is 5.77. The molecular weight excluding hydrogens is 180 g/mol. The fraction of sp³-hybridized carbons (Fsp3) is 0.700.